The van der Waals surface area contributed by atoms with Crippen LogP contribution in [0, 0.1) is 11.6 Å². The first-order valence-electron chi connectivity index (χ1n) is 8.09. The van der Waals surface area contributed by atoms with Crippen LogP contribution >= 0.6 is 0 Å². The third-order valence-corrected chi connectivity index (χ3v) is 3.77. The highest BCUT2D eigenvalue weighted by atomic mass is 19.1. The summed E-state index contributed by atoms with van der Waals surface area (Å²) in [7, 11) is 1.18. The van der Waals surface area contributed by atoms with Gasteiger partial charge in [-0.3, -0.25) is 14.4 Å². The van der Waals surface area contributed by atoms with Gasteiger partial charge in [-0.25, -0.2) is 19.2 Å². The van der Waals surface area contributed by atoms with Crippen LogP contribution in [0.25, 0.3) is 11.5 Å². The lowest BCUT2D eigenvalue weighted by atomic mass is 10.1. The number of nitrogens with zero attached hydrogens (tertiary/aromatic N) is 1. The van der Waals surface area contributed by atoms with Gasteiger partial charge in [0, 0.05) is 17.2 Å². The van der Waals surface area contributed by atoms with E-state index in [1.54, 1.807) is 24.3 Å². The van der Waals surface area contributed by atoms with Crippen LogP contribution in [0.15, 0.2) is 59.2 Å². The zero-order chi connectivity index (χ0) is 20.1. The van der Waals surface area contributed by atoms with Crippen LogP contribution in [-0.2, 0) is 9.63 Å². The van der Waals surface area contributed by atoms with Crippen LogP contribution in [-0.4, -0.2) is 23.9 Å². The molecule has 2 amide bonds. The second-order valence-electron chi connectivity index (χ2n) is 5.65. The molecule has 0 saturated heterocycles. The first-order chi connectivity index (χ1) is 13.5. The van der Waals surface area contributed by atoms with Crippen molar-refractivity contribution < 1.29 is 27.6 Å². The number of hydrogen-bond donors (Lipinski definition) is 2. The molecule has 1 aromatic heterocycles. The number of hydroxylamine groups is 1. The van der Waals surface area contributed by atoms with E-state index in [1.807, 2.05) is 11.5 Å². The summed E-state index contributed by atoms with van der Waals surface area (Å²) in [4.78, 5) is 33.3. The lowest BCUT2D eigenvalue weighted by molar-refractivity contribution is -0.133. The molecule has 0 saturated carbocycles. The molecular weight excluding hydrogens is 372 g/mol. The summed E-state index contributed by atoms with van der Waals surface area (Å²) in [5, 5.41) is 2.34. The summed E-state index contributed by atoms with van der Waals surface area (Å²) in [6.07, 6.45) is 1.12. The Bertz CT molecular complexity index is 992. The van der Waals surface area contributed by atoms with Crippen molar-refractivity contribution in [1.82, 2.24) is 15.8 Å². The van der Waals surface area contributed by atoms with Gasteiger partial charge in [-0.15, -0.1) is 0 Å². The summed E-state index contributed by atoms with van der Waals surface area (Å²) in [6, 6.07) is 10.0. The Morgan fingerprint density at radius 2 is 1.89 bits per heavy atom. The second-order valence-corrected chi connectivity index (χ2v) is 5.65. The van der Waals surface area contributed by atoms with Crippen LogP contribution in [0.5, 0.6) is 0 Å². The zero-order valence-electron chi connectivity index (χ0n) is 14.6. The maximum absolute atomic E-state index is 14.1. The molecule has 1 atom stereocenters. The predicted octanol–water partition coefficient (Wildman–Crippen LogP) is 2.77. The Morgan fingerprint density at radius 3 is 2.57 bits per heavy atom. The van der Waals surface area contributed by atoms with Gasteiger partial charge in [0.1, 0.15) is 23.9 Å². The largest absolute Gasteiger partial charge is 0.444 e. The monoisotopic (exact) mass is 387 g/mol. The standard InChI is InChI=1S/C19H15F2N3O4/c1-27-24-18(26)16(13-8-7-12(20)9-14(13)21)23-17(25)15-10-28-19(22-15)11-5-3-2-4-6-11/h2-10,16H,1H3,(H,23,25)(H,24,26). The SMILES string of the molecule is CONC(=O)C(NC(=O)c1coc(-c2ccccc2)n1)c1ccc(F)cc1F. The van der Waals surface area contributed by atoms with Crippen molar-refractivity contribution in [3.63, 3.8) is 0 Å². The molecular formula is C19H15F2N3O4. The molecule has 1 heterocycles. The van der Waals surface area contributed by atoms with Gasteiger partial charge in [0.05, 0.1) is 7.11 Å². The average Bonchev–Trinajstić information content (AvgIpc) is 3.18. The molecule has 1 unspecified atom stereocenters. The number of nitrogens with one attached hydrogen (secondary N) is 2. The Balaban J connectivity index is 1.85. The predicted molar refractivity (Wildman–Crippen MR) is 93.7 cm³/mol. The first kappa shape index (κ1) is 19.2. The minimum atomic E-state index is -1.48. The summed E-state index contributed by atoms with van der Waals surface area (Å²) < 4.78 is 32.6. The number of rotatable bonds is 6. The Labute approximate surface area is 158 Å². The molecule has 0 spiro atoms. The van der Waals surface area contributed by atoms with Crippen molar-refractivity contribution in [1.29, 1.82) is 0 Å². The maximum atomic E-state index is 14.1. The minimum absolute atomic E-state index is 0.114. The molecule has 3 rings (SSSR count). The normalized spacial score (nSPS) is 11.7. The molecule has 0 fully saturated rings. The summed E-state index contributed by atoms with van der Waals surface area (Å²) in [5.41, 5.74) is 2.31. The van der Waals surface area contributed by atoms with Crippen molar-refractivity contribution in [2.75, 3.05) is 7.11 Å². The third kappa shape index (κ3) is 4.21. The first-order valence-corrected chi connectivity index (χ1v) is 8.09. The van der Waals surface area contributed by atoms with Gasteiger partial charge in [0.25, 0.3) is 11.8 Å². The minimum Gasteiger partial charge on any atom is -0.444 e. The van der Waals surface area contributed by atoms with Gasteiger partial charge in [0.15, 0.2) is 5.69 Å². The van der Waals surface area contributed by atoms with Gasteiger partial charge in [0.2, 0.25) is 5.89 Å². The highest BCUT2D eigenvalue weighted by Gasteiger charge is 2.27. The summed E-state index contributed by atoms with van der Waals surface area (Å²) >= 11 is 0. The number of oxazole rings is 1. The number of amides is 2. The fraction of sp³-hybridized carbons (Fsp3) is 0.105. The molecule has 3 aromatic rings. The van der Waals surface area contributed by atoms with E-state index in [0.29, 0.717) is 11.6 Å². The van der Waals surface area contributed by atoms with Crippen molar-refractivity contribution in [2.45, 2.75) is 6.04 Å². The molecule has 2 aromatic carbocycles. The van der Waals surface area contributed by atoms with Crippen molar-refractivity contribution in [3.05, 3.63) is 77.7 Å². The molecule has 0 aliphatic carbocycles. The van der Waals surface area contributed by atoms with Crippen molar-refractivity contribution in [2.24, 2.45) is 0 Å². The van der Waals surface area contributed by atoms with E-state index in [9.17, 15) is 18.4 Å². The molecule has 144 valence electrons. The molecule has 28 heavy (non-hydrogen) atoms. The summed E-state index contributed by atoms with van der Waals surface area (Å²) in [6.45, 7) is 0. The second kappa shape index (κ2) is 8.40. The van der Waals surface area contributed by atoms with E-state index in [4.69, 9.17) is 4.42 Å². The smallest absolute Gasteiger partial charge is 0.274 e. The fourth-order valence-electron chi connectivity index (χ4n) is 2.48. The lowest BCUT2D eigenvalue weighted by Crippen LogP contribution is -2.40. The van der Waals surface area contributed by atoms with Gasteiger partial charge in [-0.1, -0.05) is 24.3 Å². The van der Waals surface area contributed by atoms with Crippen LogP contribution in [0.3, 0.4) is 0 Å². The maximum Gasteiger partial charge on any atom is 0.274 e. The lowest BCUT2D eigenvalue weighted by Gasteiger charge is -2.18. The molecule has 0 aliphatic rings. The summed E-state index contributed by atoms with van der Waals surface area (Å²) in [5.74, 6) is -3.25. The molecule has 7 nitrogen and oxygen atoms in total. The quantitative estimate of drug-likeness (QED) is 0.635. The topological polar surface area (TPSA) is 93.5 Å². The van der Waals surface area contributed by atoms with Gasteiger partial charge >= 0.3 is 0 Å². The van der Waals surface area contributed by atoms with Crippen molar-refractivity contribution >= 4 is 11.8 Å². The number of carbonyl (C=O) groups is 2. The number of halogens is 2. The Morgan fingerprint density at radius 1 is 1.14 bits per heavy atom. The van der Waals surface area contributed by atoms with E-state index in [-0.39, 0.29) is 17.1 Å². The van der Waals surface area contributed by atoms with Crippen LogP contribution in [0.1, 0.15) is 22.1 Å². The van der Waals surface area contributed by atoms with E-state index < -0.39 is 29.5 Å². The highest BCUT2D eigenvalue weighted by molar-refractivity contribution is 5.96. The van der Waals surface area contributed by atoms with E-state index in [0.717, 1.165) is 18.4 Å². The van der Waals surface area contributed by atoms with E-state index >= 15 is 0 Å². The Hall–Kier alpha value is -3.59. The molecule has 0 aliphatic heterocycles. The highest BCUT2D eigenvalue weighted by Crippen LogP contribution is 2.21. The average molecular weight is 387 g/mol. The number of benzene rings is 2. The van der Waals surface area contributed by atoms with E-state index in [2.05, 4.69) is 15.1 Å². The van der Waals surface area contributed by atoms with Gasteiger partial charge < -0.3 is 9.73 Å². The van der Waals surface area contributed by atoms with Crippen molar-refractivity contribution in [3.8, 4) is 11.5 Å². The fourth-order valence-corrected chi connectivity index (χ4v) is 2.48. The van der Waals surface area contributed by atoms with Gasteiger partial charge in [-0.2, -0.15) is 0 Å². The van der Waals surface area contributed by atoms with Crippen LogP contribution in [0.2, 0.25) is 0 Å². The van der Waals surface area contributed by atoms with Crippen LogP contribution < -0.4 is 10.8 Å². The number of aromatic nitrogens is 1. The molecule has 0 radical (unpaired) electrons. The number of carbonyl (C=O) groups excluding carboxylic acids is 2. The zero-order valence-corrected chi connectivity index (χ0v) is 14.6. The Kier molecular flexibility index (Phi) is 5.75. The van der Waals surface area contributed by atoms with E-state index in [1.165, 1.54) is 7.11 Å². The third-order valence-electron chi connectivity index (χ3n) is 3.77. The van der Waals surface area contributed by atoms with Gasteiger partial charge in [-0.05, 0) is 18.2 Å². The molecule has 9 heteroatoms. The molecule has 0 bridgehead atoms. The number of hydrogen-bond acceptors (Lipinski definition) is 5. The molecule has 2 N–H and O–H groups in total. The van der Waals surface area contributed by atoms with Crippen LogP contribution in [0.4, 0.5) is 8.78 Å².